The van der Waals surface area contributed by atoms with E-state index >= 15 is 0 Å². The SMILES string of the molecule is O=C(c1cc(-c2cccs2)nc2ccccc12)N1CCSC1=NCc1ccccc1. The summed E-state index contributed by atoms with van der Waals surface area (Å²) in [7, 11) is 0. The zero-order valence-electron chi connectivity index (χ0n) is 16.2. The number of aromatic nitrogens is 1. The number of amides is 1. The molecule has 4 aromatic rings. The smallest absolute Gasteiger partial charge is 0.260 e. The van der Waals surface area contributed by atoms with Crippen molar-refractivity contribution in [3.8, 4) is 10.6 Å². The molecule has 0 saturated carbocycles. The van der Waals surface area contributed by atoms with Crippen molar-refractivity contribution in [3.63, 3.8) is 0 Å². The normalized spacial score (nSPS) is 15.2. The summed E-state index contributed by atoms with van der Waals surface area (Å²) in [5, 5.41) is 3.70. The molecule has 4 nitrogen and oxygen atoms in total. The molecule has 1 saturated heterocycles. The van der Waals surface area contributed by atoms with Crippen molar-refractivity contribution >= 4 is 45.1 Å². The molecule has 0 N–H and O–H groups in total. The fourth-order valence-corrected chi connectivity index (χ4v) is 5.14. The van der Waals surface area contributed by atoms with E-state index in [1.165, 1.54) is 0 Å². The first-order valence-corrected chi connectivity index (χ1v) is 11.6. The number of benzene rings is 2. The minimum atomic E-state index is -0.0109. The van der Waals surface area contributed by atoms with Gasteiger partial charge in [0.05, 0.1) is 28.2 Å². The van der Waals surface area contributed by atoms with Crippen molar-refractivity contribution in [1.82, 2.24) is 9.88 Å². The number of carbonyl (C=O) groups is 1. The van der Waals surface area contributed by atoms with Crippen molar-refractivity contribution in [2.75, 3.05) is 12.3 Å². The second-order valence-electron chi connectivity index (χ2n) is 6.94. The number of amidine groups is 1. The highest BCUT2D eigenvalue weighted by Crippen LogP contribution is 2.30. The molecule has 1 amide bonds. The molecule has 3 heterocycles. The molecule has 6 heteroatoms. The largest absolute Gasteiger partial charge is 0.287 e. The first-order valence-electron chi connectivity index (χ1n) is 9.76. The molecule has 1 aliphatic heterocycles. The van der Waals surface area contributed by atoms with Crippen molar-refractivity contribution in [2.24, 2.45) is 4.99 Å². The highest BCUT2D eigenvalue weighted by molar-refractivity contribution is 8.14. The number of thioether (sulfide) groups is 1. The second kappa shape index (κ2) is 8.42. The summed E-state index contributed by atoms with van der Waals surface area (Å²) < 4.78 is 0. The Bertz CT molecular complexity index is 1220. The number of para-hydroxylation sites is 1. The van der Waals surface area contributed by atoms with Crippen molar-refractivity contribution in [2.45, 2.75) is 6.54 Å². The molecule has 0 bridgehead atoms. The Morgan fingerprint density at radius 2 is 1.87 bits per heavy atom. The van der Waals surface area contributed by atoms with Crippen LogP contribution in [0.3, 0.4) is 0 Å². The van der Waals surface area contributed by atoms with E-state index in [0.29, 0.717) is 18.7 Å². The molecular formula is C24H19N3OS2. The number of nitrogens with zero attached hydrogens (tertiary/aromatic N) is 3. The zero-order chi connectivity index (χ0) is 20.3. The van der Waals surface area contributed by atoms with Crippen molar-refractivity contribution in [3.05, 3.63) is 89.3 Å². The third-order valence-corrected chi connectivity index (χ3v) is 6.87. The molecule has 0 unspecified atom stereocenters. The molecule has 2 aromatic carbocycles. The van der Waals surface area contributed by atoms with E-state index in [1.54, 1.807) is 23.1 Å². The molecule has 0 atom stereocenters. The minimum absolute atomic E-state index is 0.0109. The molecule has 1 fully saturated rings. The number of carbonyl (C=O) groups excluding carboxylic acids is 1. The van der Waals surface area contributed by atoms with Gasteiger partial charge in [-0.05, 0) is 29.1 Å². The van der Waals surface area contributed by atoms with Crippen LogP contribution in [0.1, 0.15) is 15.9 Å². The van der Waals surface area contributed by atoms with Crippen LogP contribution in [0.4, 0.5) is 0 Å². The summed E-state index contributed by atoms with van der Waals surface area (Å²) >= 11 is 3.27. The van der Waals surface area contributed by atoms with E-state index < -0.39 is 0 Å². The maximum atomic E-state index is 13.6. The summed E-state index contributed by atoms with van der Waals surface area (Å²) in [6.07, 6.45) is 0. The number of rotatable bonds is 4. The number of thiophene rings is 1. The molecule has 30 heavy (non-hydrogen) atoms. The van der Waals surface area contributed by atoms with E-state index in [9.17, 15) is 4.79 Å². The quantitative estimate of drug-likeness (QED) is 0.417. The van der Waals surface area contributed by atoms with E-state index in [1.807, 2.05) is 70.9 Å². The van der Waals surface area contributed by atoms with Crippen LogP contribution in [0.25, 0.3) is 21.5 Å². The molecular weight excluding hydrogens is 410 g/mol. The Hall–Kier alpha value is -2.96. The number of hydrogen-bond donors (Lipinski definition) is 0. The van der Waals surface area contributed by atoms with E-state index in [2.05, 4.69) is 12.1 Å². The van der Waals surface area contributed by atoms with Crippen LogP contribution in [-0.4, -0.2) is 33.3 Å². The fourth-order valence-electron chi connectivity index (χ4n) is 3.51. The first-order chi connectivity index (χ1) is 14.8. The summed E-state index contributed by atoms with van der Waals surface area (Å²) in [6, 6.07) is 23.9. The lowest BCUT2D eigenvalue weighted by Crippen LogP contribution is -2.32. The van der Waals surface area contributed by atoms with Gasteiger partial charge in [-0.3, -0.25) is 14.7 Å². The molecule has 0 aliphatic carbocycles. The fraction of sp³-hybridized carbons (Fsp3) is 0.125. The van der Waals surface area contributed by atoms with Crippen LogP contribution >= 0.6 is 23.1 Å². The first kappa shape index (κ1) is 19.0. The summed E-state index contributed by atoms with van der Waals surface area (Å²) in [5.41, 5.74) is 3.49. The lowest BCUT2D eigenvalue weighted by Gasteiger charge is -2.18. The van der Waals surface area contributed by atoms with E-state index in [0.717, 1.165) is 38.0 Å². The topological polar surface area (TPSA) is 45.6 Å². The van der Waals surface area contributed by atoms with Crippen LogP contribution in [0.5, 0.6) is 0 Å². The van der Waals surface area contributed by atoms with E-state index in [4.69, 9.17) is 9.98 Å². The maximum absolute atomic E-state index is 13.6. The van der Waals surface area contributed by atoms with Gasteiger partial charge in [0.25, 0.3) is 5.91 Å². The maximum Gasteiger partial charge on any atom is 0.260 e. The van der Waals surface area contributed by atoms with Crippen molar-refractivity contribution in [1.29, 1.82) is 0 Å². The van der Waals surface area contributed by atoms with Gasteiger partial charge in [-0.25, -0.2) is 4.98 Å². The van der Waals surface area contributed by atoms with E-state index in [-0.39, 0.29) is 5.91 Å². The van der Waals surface area contributed by atoms with Crippen LogP contribution in [0, 0.1) is 0 Å². The van der Waals surface area contributed by atoms with Gasteiger partial charge < -0.3 is 0 Å². The Labute approximate surface area is 183 Å². The highest BCUT2D eigenvalue weighted by Gasteiger charge is 2.28. The van der Waals surface area contributed by atoms with Gasteiger partial charge in [0.15, 0.2) is 5.17 Å². The summed E-state index contributed by atoms with van der Waals surface area (Å²) in [6.45, 7) is 1.24. The Balaban J connectivity index is 1.52. The number of hydrogen-bond acceptors (Lipinski definition) is 5. The summed E-state index contributed by atoms with van der Waals surface area (Å²) in [5.74, 6) is 0.850. The van der Waals surface area contributed by atoms with Crippen LogP contribution in [0.15, 0.2) is 83.2 Å². The van der Waals surface area contributed by atoms with Crippen LogP contribution < -0.4 is 0 Å². The minimum Gasteiger partial charge on any atom is -0.287 e. The van der Waals surface area contributed by atoms with Gasteiger partial charge in [0.1, 0.15) is 0 Å². The third-order valence-electron chi connectivity index (χ3n) is 4.98. The van der Waals surface area contributed by atoms with Gasteiger partial charge in [-0.2, -0.15) is 0 Å². The number of aliphatic imine (C=N–C) groups is 1. The second-order valence-corrected chi connectivity index (χ2v) is 8.95. The van der Waals surface area contributed by atoms with Gasteiger partial charge in [0.2, 0.25) is 0 Å². The molecule has 5 rings (SSSR count). The Morgan fingerprint density at radius 1 is 1.03 bits per heavy atom. The standard InChI is InChI=1S/C24H19N3OS2/c28-23(27-12-14-30-24(27)25-16-17-7-2-1-3-8-17)19-15-21(22-11-6-13-29-22)26-20-10-5-4-9-18(19)20/h1-11,13,15H,12,14,16H2. The van der Waals surface area contributed by atoms with Gasteiger partial charge in [0, 0.05) is 17.7 Å². The average molecular weight is 430 g/mol. The molecule has 1 aliphatic rings. The Kier molecular flexibility index (Phi) is 5.34. The number of pyridine rings is 1. The highest BCUT2D eigenvalue weighted by atomic mass is 32.2. The van der Waals surface area contributed by atoms with Gasteiger partial charge >= 0.3 is 0 Å². The molecule has 2 aromatic heterocycles. The lowest BCUT2D eigenvalue weighted by atomic mass is 10.1. The summed E-state index contributed by atoms with van der Waals surface area (Å²) in [4.78, 5) is 26.0. The lowest BCUT2D eigenvalue weighted by molar-refractivity contribution is 0.0861. The Morgan fingerprint density at radius 3 is 2.70 bits per heavy atom. The average Bonchev–Trinajstić information content (AvgIpc) is 3.49. The molecule has 148 valence electrons. The zero-order valence-corrected chi connectivity index (χ0v) is 17.8. The molecule has 0 spiro atoms. The van der Waals surface area contributed by atoms with Crippen LogP contribution in [0.2, 0.25) is 0 Å². The molecule has 0 radical (unpaired) electrons. The van der Waals surface area contributed by atoms with Crippen LogP contribution in [-0.2, 0) is 6.54 Å². The van der Waals surface area contributed by atoms with Gasteiger partial charge in [-0.1, -0.05) is 66.4 Å². The predicted octanol–water partition coefficient (Wildman–Crippen LogP) is 5.71. The number of fused-ring (bicyclic) bond motifs is 1. The third kappa shape index (κ3) is 3.76. The van der Waals surface area contributed by atoms with Gasteiger partial charge in [-0.15, -0.1) is 11.3 Å². The van der Waals surface area contributed by atoms with Crippen molar-refractivity contribution < 1.29 is 4.79 Å². The monoisotopic (exact) mass is 429 g/mol. The predicted molar refractivity (Wildman–Crippen MR) is 126 cm³/mol.